The van der Waals surface area contributed by atoms with Crippen LogP contribution >= 0.6 is 0 Å². The van der Waals surface area contributed by atoms with E-state index in [1.807, 2.05) is 74.5 Å². The molecule has 5 nitrogen and oxygen atoms in total. The summed E-state index contributed by atoms with van der Waals surface area (Å²) in [6, 6.07) is 26.6. The van der Waals surface area contributed by atoms with Crippen molar-refractivity contribution in [2.45, 2.75) is 13.8 Å². The lowest BCUT2D eigenvalue weighted by Crippen LogP contribution is -2.40. The Morgan fingerprint density at radius 3 is 1.54 bits per heavy atom. The summed E-state index contributed by atoms with van der Waals surface area (Å²) in [5, 5.41) is 0. The van der Waals surface area contributed by atoms with Gasteiger partial charge in [0.05, 0.1) is 35.5 Å². The number of methoxy groups -OCH3 is 1. The number of carbonyl (C=O) groups is 3. The lowest BCUT2D eigenvalue weighted by Gasteiger charge is -2.35. The first-order valence-corrected chi connectivity index (χ1v) is 11.8. The number of anilines is 1. The number of hydrogen-bond acceptors (Lipinski definition) is 4. The second-order valence-corrected chi connectivity index (χ2v) is 9.85. The van der Waals surface area contributed by atoms with Gasteiger partial charge in [-0.3, -0.25) is 14.4 Å². The minimum Gasteiger partial charge on any atom is -0.495 e. The van der Waals surface area contributed by atoms with E-state index in [2.05, 4.69) is 0 Å². The Morgan fingerprint density at radius 2 is 1.09 bits per heavy atom. The van der Waals surface area contributed by atoms with Crippen molar-refractivity contribution >= 4 is 34.4 Å². The summed E-state index contributed by atoms with van der Waals surface area (Å²) in [5.74, 6) is -1.85. The van der Waals surface area contributed by atoms with Crippen LogP contribution < -0.4 is 9.64 Å². The van der Waals surface area contributed by atoms with Gasteiger partial charge in [-0.25, -0.2) is 4.90 Å². The molecule has 0 N–H and O–H groups in total. The molecule has 1 saturated heterocycles. The number of benzene rings is 3. The van der Waals surface area contributed by atoms with Crippen LogP contribution in [-0.2, 0) is 14.4 Å². The largest absolute Gasteiger partial charge is 0.495 e. The quantitative estimate of drug-likeness (QED) is 0.510. The SMILES string of the molecule is COc1ccccc1N1C(=O)C2C(C1=O)C1(C)C(=O)C2(C)C(c2ccccc2)=C1c1ccccc1. The zero-order valence-electron chi connectivity index (χ0n) is 19.8. The molecule has 174 valence electrons. The van der Waals surface area contributed by atoms with E-state index in [0.29, 0.717) is 11.4 Å². The highest BCUT2D eigenvalue weighted by Crippen LogP contribution is 2.73. The van der Waals surface area contributed by atoms with E-state index >= 15 is 0 Å². The van der Waals surface area contributed by atoms with Gasteiger partial charge in [0.15, 0.2) is 5.78 Å². The van der Waals surface area contributed by atoms with Crippen molar-refractivity contribution in [3.8, 4) is 5.75 Å². The molecule has 1 heterocycles. The Bertz CT molecular complexity index is 1340. The van der Waals surface area contributed by atoms with E-state index in [4.69, 9.17) is 4.74 Å². The van der Waals surface area contributed by atoms with Crippen LogP contribution in [0.2, 0.25) is 0 Å². The summed E-state index contributed by atoms with van der Waals surface area (Å²) in [5.41, 5.74) is 1.66. The number of carbonyl (C=O) groups excluding carboxylic acids is 3. The highest BCUT2D eigenvalue weighted by molar-refractivity contribution is 6.34. The van der Waals surface area contributed by atoms with Crippen molar-refractivity contribution in [1.82, 2.24) is 0 Å². The molecule has 2 amide bonds. The first-order valence-electron chi connectivity index (χ1n) is 11.8. The van der Waals surface area contributed by atoms with E-state index in [0.717, 1.165) is 22.3 Å². The number of fused-ring (bicyclic) bond motifs is 5. The maximum atomic E-state index is 14.3. The molecular weight excluding hydrogens is 438 g/mol. The predicted octanol–water partition coefficient (Wildman–Crippen LogP) is 5.02. The number of nitrogens with zero attached hydrogens (tertiary/aromatic N) is 1. The fourth-order valence-electron chi connectivity index (χ4n) is 6.86. The molecule has 4 unspecified atom stereocenters. The fourth-order valence-corrected chi connectivity index (χ4v) is 6.86. The highest BCUT2D eigenvalue weighted by atomic mass is 16.5. The molecule has 1 saturated carbocycles. The van der Waals surface area contributed by atoms with Gasteiger partial charge >= 0.3 is 0 Å². The van der Waals surface area contributed by atoms with Crippen LogP contribution in [-0.4, -0.2) is 24.7 Å². The third kappa shape index (κ3) is 2.50. The minimum atomic E-state index is -1.13. The van der Waals surface area contributed by atoms with Crippen molar-refractivity contribution < 1.29 is 19.1 Å². The van der Waals surface area contributed by atoms with Crippen molar-refractivity contribution in [3.63, 3.8) is 0 Å². The summed E-state index contributed by atoms with van der Waals surface area (Å²) >= 11 is 0. The molecular formula is C30H25NO4. The number of ether oxygens (including phenoxy) is 1. The zero-order chi connectivity index (χ0) is 24.5. The molecule has 1 aliphatic heterocycles. The van der Waals surface area contributed by atoms with Gasteiger partial charge in [-0.1, -0.05) is 72.8 Å². The predicted molar refractivity (Wildman–Crippen MR) is 133 cm³/mol. The van der Waals surface area contributed by atoms with Gasteiger partial charge in [0.1, 0.15) is 5.75 Å². The van der Waals surface area contributed by atoms with E-state index in [9.17, 15) is 14.4 Å². The molecule has 4 atom stereocenters. The van der Waals surface area contributed by atoms with Gasteiger partial charge < -0.3 is 4.74 Å². The highest BCUT2D eigenvalue weighted by Gasteiger charge is 2.79. The van der Waals surface area contributed by atoms with Crippen LogP contribution in [0.3, 0.4) is 0 Å². The average Bonchev–Trinajstić information content (AvgIpc) is 3.34. The van der Waals surface area contributed by atoms with Crippen LogP contribution in [0.15, 0.2) is 84.9 Å². The average molecular weight is 464 g/mol. The van der Waals surface area contributed by atoms with Crippen LogP contribution in [0.4, 0.5) is 5.69 Å². The van der Waals surface area contributed by atoms with Crippen LogP contribution in [0.5, 0.6) is 5.75 Å². The Kier molecular flexibility index (Phi) is 4.46. The number of amides is 2. The number of ketones is 1. The molecule has 2 aliphatic carbocycles. The number of para-hydroxylation sites is 2. The maximum Gasteiger partial charge on any atom is 0.239 e. The summed E-state index contributed by atoms with van der Waals surface area (Å²) < 4.78 is 5.47. The Balaban J connectivity index is 1.62. The van der Waals surface area contributed by atoms with Gasteiger partial charge in [0.2, 0.25) is 11.8 Å². The molecule has 6 rings (SSSR count). The smallest absolute Gasteiger partial charge is 0.239 e. The lowest BCUT2D eigenvalue weighted by atomic mass is 9.63. The molecule has 2 fully saturated rings. The van der Waals surface area contributed by atoms with Crippen molar-refractivity contribution in [3.05, 3.63) is 96.1 Å². The number of imide groups is 1. The van der Waals surface area contributed by atoms with Gasteiger partial charge in [0.25, 0.3) is 0 Å². The van der Waals surface area contributed by atoms with Gasteiger partial charge in [-0.05, 0) is 48.3 Å². The Morgan fingerprint density at radius 1 is 0.657 bits per heavy atom. The van der Waals surface area contributed by atoms with Gasteiger partial charge in [-0.2, -0.15) is 0 Å². The van der Waals surface area contributed by atoms with Crippen molar-refractivity contribution in [2.75, 3.05) is 12.0 Å². The van der Waals surface area contributed by atoms with Gasteiger partial charge in [0, 0.05) is 0 Å². The van der Waals surface area contributed by atoms with Crippen LogP contribution in [0.1, 0.15) is 25.0 Å². The standard InChI is InChI=1S/C30H25NO4/c1-29-22(18-12-6-4-7-13-18)23(19-14-8-5-9-15-19)30(2,28(29)34)25-24(29)26(32)31(27(25)33)20-16-10-11-17-21(20)35-3/h4-17,24-25H,1-3H3. The summed E-state index contributed by atoms with van der Waals surface area (Å²) in [4.78, 5) is 43.6. The monoisotopic (exact) mass is 463 g/mol. The molecule has 0 aromatic heterocycles. The third-order valence-corrected chi connectivity index (χ3v) is 8.23. The van der Waals surface area contributed by atoms with Crippen molar-refractivity contribution in [2.24, 2.45) is 22.7 Å². The first-order chi connectivity index (χ1) is 16.9. The van der Waals surface area contributed by atoms with Crippen LogP contribution in [0.25, 0.3) is 11.1 Å². The maximum absolute atomic E-state index is 14.3. The summed E-state index contributed by atoms with van der Waals surface area (Å²) in [6.07, 6.45) is 0. The third-order valence-electron chi connectivity index (χ3n) is 8.23. The Hall–Kier alpha value is -3.99. The van der Waals surface area contributed by atoms with E-state index in [1.165, 1.54) is 12.0 Å². The summed E-state index contributed by atoms with van der Waals surface area (Å²) in [6.45, 7) is 3.71. The normalized spacial score (nSPS) is 29.2. The molecule has 5 heteroatoms. The number of Topliss-reactive ketones (excluding diaryl/α,β-unsaturated/α-hetero) is 1. The fraction of sp³-hybridized carbons (Fsp3) is 0.233. The number of hydrogen-bond donors (Lipinski definition) is 0. The number of rotatable bonds is 4. The second-order valence-electron chi connectivity index (χ2n) is 9.85. The molecule has 3 aliphatic rings. The zero-order valence-corrected chi connectivity index (χ0v) is 19.8. The minimum absolute atomic E-state index is 0.0564. The van der Waals surface area contributed by atoms with Crippen molar-refractivity contribution in [1.29, 1.82) is 0 Å². The van der Waals surface area contributed by atoms with E-state index in [1.54, 1.807) is 24.3 Å². The molecule has 3 aromatic rings. The molecule has 0 radical (unpaired) electrons. The summed E-state index contributed by atoms with van der Waals surface area (Å²) in [7, 11) is 1.52. The van der Waals surface area contributed by atoms with E-state index < -0.39 is 22.7 Å². The van der Waals surface area contributed by atoms with Crippen LogP contribution in [0, 0.1) is 22.7 Å². The topological polar surface area (TPSA) is 63.7 Å². The molecule has 0 spiro atoms. The first kappa shape index (κ1) is 21.5. The van der Waals surface area contributed by atoms with E-state index in [-0.39, 0.29) is 17.6 Å². The molecule has 3 aromatic carbocycles. The molecule has 2 bridgehead atoms. The van der Waals surface area contributed by atoms with Gasteiger partial charge in [-0.15, -0.1) is 0 Å². The molecule has 35 heavy (non-hydrogen) atoms. The second kappa shape index (κ2) is 7.25. The number of allylic oxidation sites excluding steroid dienone is 2. The lowest BCUT2D eigenvalue weighted by molar-refractivity contribution is -0.133. The Labute approximate surface area is 204 Å².